The number of rotatable bonds is 6. The lowest BCUT2D eigenvalue weighted by molar-refractivity contribution is 0.240. The molecule has 2 aromatic heterocycles. The van der Waals surface area contributed by atoms with E-state index in [1.54, 1.807) is 0 Å². The van der Waals surface area contributed by atoms with Crippen molar-refractivity contribution in [1.29, 1.82) is 0 Å². The van der Waals surface area contributed by atoms with Gasteiger partial charge in [0.15, 0.2) is 5.82 Å². The van der Waals surface area contributed by atoms with Crippen LogP contribution >= 0.6 is 0 Å². The lowest BCUT2D eigenvalue weighted by Crippen LogP contribution is -2.46. The number of para-hydroxylation sites is 1. The summed E-state index contributed by atoms with van der Waals surface area (Å²) in [6, 6.07) is 10.8. The fraction of sp³-hybridized carbons (Fsp3) is 0.476. The highest BCUT2D eigenvalue weighted by Crippen LogP contribution is 2.28. The van der Waals surface area contributed by atoms with Crippen molar-refractivity contribution in [3.8, 4) is 0 Å². The van der Waals surface area contributed by atoms with E-state index in [4.69, 9.17) is 9.51 Å². The van der Waals surface area contributed by atoms with Gasteiger partial charge in [0.2, 0.25) is 5.89 Å². The summed E-state index contributed by atoms with van der Waals surface area (Å²) in [5.41, 5.74) is 3.60. The second-order valence-corrected chi connectivity index (χ2v) is 7.12. The Morgan fingerprint density at radius 2 is 1.85 bits per heavy atom. The number of aromatic nitrogens is 3. The summed E-state index contributed by atoms with van der Waals surface area (Å²) in [6.45, 7) is 8.98. The van der Waals surface area contributed by atoms with Crippen molar-refractivity contribution in [3.63, 3.8) is 0 Å². The molecular weight excluding hydrogens is 338 g/mol. The average Bonchev–Trinajstić information content (AvgIpc) is 3.16. The molecule has 6 heteroatoms. The molecule has 0 atom stereocenters. The van der Waals surface area contributed by atoms with Gasteiger partial charge in [-0.3, -0.25) is 9.88 Å². The summed E-state index contributed by atoms with van der Waals surface area (Å²) >= 11 is 0. The molecule has 0 N–H and O–H groups in total. The first kappa shape index (κ1) is 17.9. The van der Waals surface area contributed by atoms with Gasteiger partial charge in [-0.2, -0.15) is 4.98 Å². The van der Waals surface area contributed by atoms with Gasteiger partial charge in [-0.05, 0) is 18.6 Å². The van der Waals surface area contributed by atoms with Crippen molar-refractivity contribution in [1.82, 2.24) is 20.0 Å². The summed E-state index contributed by atoms with van der Waals surface area (Å²) in [5.74, 6) is 1.51. The van der Waals surface area contributed by atoms with E-state index in [1.165, 1.54) is 16.8 Å². The highest BCUT2D eigenvalue weighted by atomic mass is 16.5. The van der Waals surface area contributed by atoms with Crippen molar-refractivity contribution in [2.75, 3.05) is 31.1 Å². The molecule has 0 saturated carbocycles. The van der Waals surface area contributed by atoms with Crippen molar-refractivity contribution >= 4 is 16.6 Å². The van der Waals surface area contributed by atoms with Crippen molar-refractivity contribution in [2.24, 2.45) is 0 Å². The summed E-state index contributed by atoms with van der Waals surface area (Å²) in [7, 11) is 0. The van der Waals surface area contributed by atoms with Crippen LogP contribution in [0.25, 0.3) is 10.9 Å². The number of pyridine rings is 1. The van der Waals surface area contributed by atoms with Crippen LogP contribution in [-0.4, -0.2) is 46.2 Å². The summed E-state index contributed by atoms with van der Waals surface area (Å²) in [6.07, 6.45) is 2.92. The van der Waals surface area contributed by atoms with Gasteiger partial charge >= 0.3 is 0 Å². The van der Waals surface area contributed by atoms with Gasteiger partial charge in [0.1, 0.15) is 0 Å². The van der Waals surface area contributed by atoms with Crippen LogP contribution in [-0.2, 0) is 19.4 Å². The molecule has 0 aliphatic carbocycles. The molecule has 1 aliphatic heterocycles. The molecule has 1 aliphatic rings. The minimum atomic E-state index is 0.718. The highest BCUT2D eigenvalue weighted by molar-refractivity contribution is 5.92. The Balaban J connectivity index is 1.49. The van der Waals surface area contributed by atoms with Crippen LogP contribution in [0.2, 0.25) is 0 Å². The van der Waals surface area contributed by atoms with E-state index >= 15 is 0 Å². The van der Waals surface area contributed by atoms with Crippen LogP contribution in [0.4, 0.5) is 5.69 Å². The number of nitrogens with zero attached hydrogens (tertiary/aromatic N) is 5. The Hall–Kier alpha value is -2.47. The maximum absolute atomic E-state index is 5.22. The quantitative estimate of drug-likeness (QED) is 0.667. The van der Waals surface area contributed by atoms with Crippen LogP contribution in [0, 0.1) is 0 Å². The fourth-order valence-electron chi connectivity index (χ4n) is 3.70. The number of piperazine rings is 1. The summed E-state index contributed by atoms with van der Waals surface area (Å²) in [5, 5.41) is 5.33. The van der Waals surface area contributed by atoms with E-state index < -0.39 is 0 Å². The van der Waals surface area contributed by atoms with Crippen molar-refractivity contribution < 1.29 is 4.52 Å². The predicted molar refractivity (Wildman–Crippen MR) is 107 cm³/mol. The molecule has 3 aromatic rings. The smallest absolute Gasteiger partial charge is 0.226 e. The first-order chi connectivity index (χ1) is 13.3. The third kappa shape index (κ3) is 3.95. The Labute approximate surface area is 160 Å². The molecule has 0 bridgehead atoms. The molecule has 0 unspecified atom stereocenters. The maximum atomic E-state index is 5.22. The topological polar surface area (TPSA) is 58.3 Å². The molecule has 0 amide bonds. The summed E-state index contributed by atoms with van der Waals surface area (Å²) in [4.78, 5) is 14.2. The van der Waals surface area contributed by atoms with Crippen LogP contribution in [0.1, 0.15) is 37.7 Å². The minimum Gasteiger partial charge on any atom is -0.368 e. The fourth-order valence-corrected chi connectivity index (χ4v) is 3.70. The van der Waals surface area contributed by atoms with E-state index in [2.05, 4.69) is 57.2 Å². The van der Waals surface area contributed by atoms with Crippen LogP contribution in [0.3, 0.4) is 0 Å². The van der Waals surface area contributed by atoms with Crippen molar-refractivity contribution in [3.05, 3.63) is 47.7 Å². The molecule has 1 aromatic carbocycles. The Morgan fingerprint density at radius 3 is 2.59 bits per heavy atom. The Kier molecular flexibility index (Phi) is 5.34. The summed E-state index contributed by atoms with van der Waals surface area (Å²) < 4.78 is 5.22. The molecule has 1 fully saturated rings. The molecule has 27 heavy (non-hydrogen) atoms. The molecule has 3 heterocycles. The van der Waals surface area contributed by atoms with Crippen LogP contribution < -0.4 is 4.90 Å². The normalized spacial score (nSPS) is 15.6. The van der Waals surface area contributed by atoms with Crippen LogP contribution in [0.5, 0.6) is 0 Å². The second-order valence-electron chi connectivity index (χ2n) is 7.12. The van der Waals surface area contributed by atoms with Gasteiger partial charge in [-0.15, -0.1) is 0 Å². The molecule has 4 rings (SSSR count). The van der Waals surface area contributed by atoms with E-state index in [-0.39, 0.29) is 0 Å². The minimum absolute atomic E-state index is 0.718. The SMILES string of the molecule is CCCc1cc(N2CCN(Cc3noc(CC)n3)CC2)c2ccccc2n1. The lowest BCUT2D eigenvalue weighted by Gasteiger charge is -2.36. The number of benzene rings is 1. The van der Waals surface area contributed by atoms with Gasteiger partial charge in [-0.1, -0.05) is 43.6 Å². The van der Waals surface area contributed by atoms with E-state index in [9.17, 15) is 0 Å². The number of anilines is 1. The first-order valence-corrected chi connectivity index (χ1v) is 9.94. The van der Waals surface area contributed by atoms with Gasteiger partial charge in [0.25, 0.3) is 0 Å². The van der Waals surface area contributed by atoms with Gasteiger partial charge in [0.05, 0.1) is 12.1 Å². The van der Waals surface area contributed by atoms with Gasteiger partial charge in [-0.25, -0.2) is 0 Å². The molecule has 1 saturated heterocycles. The standard InChI is InChI=1S/C21H27N5O/c1-3-7-16-14-19(17-8-5-6-9-18(17)22-16)26-12-10-25(11-13-26)15-20-23-21(4-2)27-24-20/h5-6,8-9,14H,3-4,7,10-13,15H2,1-2H3. The zero-order valence-electron chi connectivity index (χ0n) is 16.2. The van der Waals surface area contributed by atoms with Crippen LogP contribution in [0.15, 0.2) is 34.9 Å². The monoisotopic (exact) mass is 365 g/mol. The molecule has 0 radical (unpaired) electrons. The predicted octanol–water partition coefficient (Wildman–Crippen LogP) is 3.45. The number of aryl methyl sites for hydroxylation is 2. The lowest BCUT2D eigenvalue weighted by atomic mass is 10.1. The Bertz CT molecular complexity index is 898. The zero-order valence-corrected chi connectivity index (χ0v) is 16.2. The molecule has 142 valence electrons. The third-order valence-corrected chi connectivity index (χ3v) is 5.14. The van der Waals surface area contributed by atoms with E-state index in [0.29, 0.717) is 0 Å². The third-order valence-electron chi connectivity index (χ3n) is 5.14. The van der Waals surface area contributed by atoms with Gasteiger partial charge in [0, 0.05) is 49.4 Å². The van der Waals surface area contributed by atoms with Crippen molar-refractivity contribution in [2.45, 2.75) is 39.7 Å². The van der Waals surface area contributed by atoms with E-state index in [1.807, 2.05) is 6.92 Å². The van der Waals surface area contributed by atoms with Gasteiger partial charge < -0.3 is 9.42 Å². The molecule has 6 nitrogen and oxygen atoms in total. The first-order valence-electron chi connectivity index (χ1n) is 9.94. The number of hydrogen-bond acceptors (Lipinski definition) is 6. The maximum Gasteiger partial charge on any atom is 0.226 e. The molecule has 0 spiro atoms. The largest absolute Gasteiger partial charge is 0.368 e. The highest BCUT2D eigenvalue weighted by Gasteiger charge is 2.21. The van der Waals surface area contributed by atoms with E-state index in [0.717, 1.165) is 69.2 Å². The second kappa shape index (κ2) is 8.05. The average molecular weight is 365 g/mol. The Morgan fingerprint density at radius 1 is 1.04 bits per heavy atom. The number of hydrogen-bond donors (Lipinski definition) is 0. The molecular formula is C21H27N5O. The number of fused-ring (bicyclic) bond motifs is 1. The zero-order chi connectivity index (χ0) is 18.6.